The highest BCUT2D eigenvalue weighted by Crippen LogP contribution is 2.18. The molecular formula is C21H18BrN3O3. The molecule has 3 aromatic rings. The molecule has 0 unspecified atom stereocenters. The van der Waals surface area contributed by atoms with Gasteiger partial charge in [0.25, 0.3) is 0 Å². The first-order valence-electron chi connectivity index (χ1n) is 8.54. The minimum Gasteiger partial charge on any atom is -0.458 e. The number of halogens is 1. The molecule has 7 heteroatoms. The second kappa shape index (κ2) is 9.14. The first-order chi connectivity index (χ1) is 13.5. The van der Waals surface area contributed by atoms with Gasteiger partial charge in [0.15, 0.2) is 0 Å². The van der Waals surface area contributed by atoms with Gasteiger partial charge in [-0.15, -0.1) is 0 Å². The third-order valence-electron chi connectivity index (χ3n) is 3.77. The number of nitrogens with one attached hydrogen (secondary N) is 2. The number of nitrogens with zero attached hydrogens (tertiary/aromatic N) is 1. The van der Waals surface area contributed by atoms with E-state index in [9.17, 15) is 9.59 Å². The molecule has 0 aliphatic heterocycles. The Morgan fingerprint density at radius 2 is 1.86 bits per heavy atom. The van der Waals surface area contributed by atoms with Crippen LogP contribution in [0.2, 0.25) is 0 Å². The Balaban J connectivity index is 1.51. The maximum Gasteiger partial charge on any atom is 0.313 e. The fraction of sp³-hybridized carbons (Fsp3) is 0.0952. The number of furan rings is 1. The number of carbonyl (C=O) groups is 2. The molecule has 0 aliphatic rings. The average Bonchev–Trinajstić information content (AvgIpc) is 3.14. The van der Waals surface area contributed by atoms with E-state index in [1.807, 2.05) is 43.3 Å². The van der Waals surface area contributed by atoms with E-state index < -0.39 is 11.8 Å². The zero-order valence-electron chi connectivity index (χ0n) is 15.1. The van der Waals surface area contributed by atoms with Gasteiger partial charge in [0.1, 0.15) is 11.5 Å². The van der Waals surface area contributed by atoms with Gasteiger partial charge in [-0.05, 0) is 49.4 Å². The second-order valence-corrected chi connectivity index (χ2v) is 6.96. The van der Waals surface area contributed by atoms with Crippen molar-refractivity contribution in [2.24, 2.45) is 4.99 Å². The molecule has 0 bridgehead atoms. The topological polar surface area (TPSA) is 83.7 Å². The van der Waals surface area contributed by atoms with Gasteiger partial charge in [0, 0.05) is 10.2 Å². The molecule has 6 nitrogen and oxygen atoms in total. The number of hydrogen-bond acceptors (Lipinski definition) is 4. The summed E-state index contributed by atoms with van der Waals surface area (Å²) >= 11 is 3.39. The summed E-state index contributed by atoms with van der Waals surface area (Å²) in [6.45, 7) is 2.05. The van der Waals surface area contributed by atoms with Crippen LogP contribution in [0.4, 0.5) is 11.4 Å². The summed E-state index contributed by atoms with van der Waals surface area (Å²) in [7, 11) is 0. The van der Waals surface area contributed by atoms with Crippen LogP contribution in [-0.2, 0) is 16.1 Å². The summed E-state index contributed by atoms with van der Waals surface area (Å²) in [5, 5.41) is 5.08. The summed E-state index contributed by atoms with van der Waals surface area (Å²) in [4.78, 5) is 28.2. The van der Waals surface area contributed by atoms with E-state index in [0.717, 1.165) is 15.7 Å². The number of anilines is 1. The lowest BCUT2D eigenvalue weighted by atomic mass is 10.2. The van der Waals surface area contributed by atoms with E-state index in [1.54, 1.807) is 30.5 Å². The maximum absolute atomic E-state index is 11.9. The Morgan fingerprint density at radius 3 is 2.61 bits per heavy atom. The minimum absolute atomic E-state index is 0.102. The number of hydrogen-bond donors (Lipinski definition) is 2. The smallest absolute Gasteiger partial charge is 0.313 e. The predicted octanol–water partition coefficient (Wildman–Crippen LogP) is 4.36. The normalized spacial score (nSPS) is 10.8. The highest BCUT2D eigenvalue weighted by Gasteiger charge is 2.14. The van der Waals surface area contributed by atoms with Crippen LogP contribution in [0.15, 0.2) is 74.5 Å². The van der Waals surface area contributed by atoms with Gasteiger partial charge < -0.3 is 15.1 Å². The molecule has 0 saturated carbocycles. The van der Waals surface area contributed by atoms with Crippen LogP contribution in [0, 0.1) is 6.92 Å². The summed E-state index contributed by atoms with van der Waals surface area (Å²) in [5.74, 6) is -0.395. The van der Waals surface area contributed by atoms with Crippen LogP contribution < -0.4 is 10.6 Å². The number of aliphatic imine (C=N–C) groups is 1. The molecular weight excluding hydrogens is 422 g/mol. The highest BCUT2D eigenvalue weighted by atomic mass is 79.9. The summed E-state index contributed by atoms with van der Waals surface area (Å²) in [5.41, 5.74) is 2.42. The van der Waals surface area contributed by atoms with Crippen LogP contribution in [-0.4, -0.2) is 18.0 Å². The monoisotopic (exact) mass is 439 g/mol. The molecule has 142 valence electrons. The number of aryl methyl sites for hydroxylation is 1. The van der Waals surface area contributed by atoms with E-state index >= 15 is 0 Å². The fourth-order valence-electron chi connectivity index (χ4n) is 2.33. The van der Waals surface area contributed by atoms with Crippen molar-refractivity contribution in [1.29, 1.82) is 0 Å². The molecule has 0 spiro atoms. The molecule has 0 atom stereocenters. The first kappa shape index (κ1) is 19.6. The Bertz CT molecular complexity index is 1010. The Morgan fingerprint density at radius 1 is 1.07 bits per heavy atom. The van der Waals surface area contributed by atoms with Gasteiger partial charge >= 0.3 is 11.8 Å². The lowest BCUT2D eigenvalue weighted by molar-refractivity contribution is -0.136. The van der Waals surface area contributed by atoms with E-state index in [-0.39, 0.29) is 6.54 Å². The predicted molar refractivity (Wildman–Crippen MR) is 112 cm³/mol. The number of carbonyl (C=O) groups excluding carboxylic acids is 2. The number of rotatable bonds is 5. The van der Waals surface area contributed by atoms with Crippen molar-refractivity contribution in [3.63, 3.8) is 0 Å². The second-order valence-electron chi connectivity index (χ2n) is 6.04. The van der Waals surface area contributed by atoms with Gasteiger partial charge in [-0.25, -0.2) is 0 Å². The molecule has 2 N–H and O–H groups in total. The van der Waals surface area contributed by atoms with E-state index in [2.05, 4.69) is 31.6 Å². The van der Waals surface area contributed by atoms with Gasteiger partial charge in [-0.2, -0.15) is 0 Å². The first-order valence-corrected chi connectivity index (χ1v) is 9.33. The summed E-state index contributed by atoms with van der Waals surface area (Å²) in [6.07, 6.45) is 1.59. The van der Waals surface area contributed by atoms with Crippen molar-refractivity contribution < 1.29 is 14.0 Å². The molecule has 1 heterocycles. The van der Waals surface area contributed by atoms with Gasteiger partial charge in [-0.3, -0.25) is 14.6 Å². The quantitative estimate of drug-likeness (QED) is 0.457. The van der Waals surface area contributed by atoms with Crippen LogP contribution >= 0.6 is 15.9 Å². The van der Waals surface area contributed by atoms with Crippen molar-refractivity contribution >= 4 is 45.3 Å². The molecule has 0 fully saturated rings. The molecule has 1 aromatic heterocycles. The van der Waals surface area contributed by atoms with Crippen molar-refractivity contribution in [3.8, 4) is 0 Å². The average molecular weight is 440 g/mol. The lowest BCUT2D eigenvalue weighted by Crippen LogP contribution is -2.34. The Kier molecular flexibility index (Phi) is 6.39. The van der Waals surface area contributed by atoms with Crippen LogP contribution in [0.5, 0.6) is 0 Å². The van der Waals surface area contributed by atoms with E-state index in [0.29, 0.717) is 17.2 Å². The fourth-order valence-corrected chi connectivity index (χ4v) is 2.71. The van der Waals surface area contributed by atoms with Crippen molar-refractivity contribution in [2.45, 2.75) is 13.5 Å². The SMILES string of the molecule is Cc1ccc(NC(=O)C(=O)NCc2ccc(C=Nc3cccc(Br)c3)o2)cc1. The molecule has 0 aliphatic carbocycles. The van der Waals surface area contributed by atoms with Crippen molar-refractivity contribution in [1.82, 2.24) is 5.32 Å². The number of amides is 2. The van der Waals surface area contributed by atoms with Gasteiger partial charge in [0.05, 0.1) is 18.4 Å². The summed E-state index contributed by atoms with van der Waals surface area (Å²) < 4.78 is 6.53. The van der Waals surface area contributed by atoms with Crippen LogP contribution in [0.25, 0.3) is 0 Å². The molecule has 2 aromatic carbocycles. The van der Waals surface area contributed by atoms with Gasteiger partial charge in [0.2, 0.25) is 0 Å². The molecule has 0 radical (unpaired) electrons. The Hall–Kier alpha value is -3.19. The molecule has 0 saturated heterocycles. The third kappa shape index (κ3) is 5.65. The van der Waals surface area contributed by atoms with E-state index in [1.165, 1.54) is 0 Å². The Labute approximate surface area is 170 Å². The summed E-state index contributed by atoms with van der Waals surface area (Å²) in [6, 6.07) is 18.2. The molecule has 28 heavy (non-hydrogen) atoms. The zero-order chi connectivity index (χ0) is 19.9. The van der Waals surface area contributed by atoms with E-state index in [4.69, 9.17) is 4.42 Å². The van der Waals surface area contributed by atoms with Crippen LogP contribution in [0.1, 0.15) is 17.1 Å². The minimum atomic E-state index is -0.735. The third-order valence-corrected chi connectivity index (χ3v) is 4.26. The van der Waals surface area contributed by atoms with Crippen LogP contribution in [0.3, 0.4) is 0 Å². The zero-order valence-corrected chi connectivity index (χ0v) is 16.7. The lowest BCUT2D eigenvalue weighted by Gasteiger charge is -2.05. The number of benzene rings is 2. The van der Waals surface area contributed by atoms with Crippen molar-refractivity contribution in [3.05, 3.63) is 82.2 Å². The van der Waals surface area contributed by atoms with Gasteiger partial charge in [-0.1, -0.05) is 39.7 Å². The molecule has 3 rings (SSSR count). The standard InChI is InChI=1S/C21H18BrN3O3/c1-14-5-7-16(8-6-14)25-21(27)20(26)24-13-19-10-9-18(28-19)12-23-17-4-2-3-15(22)11-17/h2-12H,13H2,1H3,(H,24,26)(H,25,27). The largest absolute Gasteiger partial charge is 0.458 e. The highest BCUT2D eigenvalue weighted by molar-refractivity contribution is 9.10. The molecule has 2 amide bonds. The van der Waals surface area contributed by atoms with Crippen molar-refractivity contribution in [2.75, 3.05) is 5.32 Å². The maximum atomic E-state index is 11.9.